The number of hydrogen-bond donors (Lipinski definition) is 0. The van der Waals surface area contributed by atoms with Gasteiger partial charge in [-0.15, -0.1) is 0 Å². The van der Waals surface area contributed by atoms with Crippen LogP contribution in [-0.4, -0.2) is 41.0 Å². The van der Waals surface area contributed by atoms with Crippen LogP contribution in [0.25, 0.3) is 0 Å². The fourth-order valence-corrected chi connectivity index (χ4v) is 1.43. The van der Waals surface area contributed by atoms with Gasteiger partial charge in [-0.05, 0) is 6.92 Å². The van der Waals surface area contributed by atoms with Crippen molar-refractivity contribution < 1.29 is 9.53 Å². The van der Waals surface area contributed by atoms with Crippen LogP contribution in [0.1, 0.15) is 6.92 Å². The van der Waals surface area contributed by atoms with Crippen molar-refractivity contribution >= 4 is 28.5 Å². The molecule has 4 heteroatoms. The van der Waals surface area contributed by atoms with Gasteiger partial charge in [-0.2, -0.15) is 0 Å². The second-order valence-corrected chi connectivity index (χ2v) is 4.42. The standard InChI is InChI=1S/C7H12INO2/c1-6(8)7(10)9-2-4-11-5-3-9/h6H,2-5H2,1H3. The van der Waals surface area contributed by atoms with Crippen molar-refractivity contribution in [3.8, 4) is 0 Å². The molecule has 0 aromatic rings. The van der Waals surface area contributed by atoms with Gasteiger partial charge in [0.05, 0.1) is 17.1 Å². The van der Waals surface area contributed by atoms with Crippen LogP contribution in [-0.2, 0) is 9.53 Å². The van der Waals surface area contributed by atoms with Gasteiger partial charge >= 0.3 is 0 Å². The summed E-state index contributed by atoms with van der Waals surface area (Å²) in [6.07, 6.45) is 0. The number of ether oxygens (including phenoxy) is 1. The SMILES string of the molecule is CC(I)C(=O)N1CCOCC1. The molecule has 0 N–H and O–H groups in total. The third-order valence-corrected chi connectivity index (χ3v) is 2.20. The second-order valence-electron chi connectivity index (χ2n) is 2.55. The van der Waals surface area contributed by atoms with Gasteiger partial charge in [0.25, 0.3) is 0 Å². The molecular weight excluding hydrogens is 257 g/mol. The minimum atomic E-state index is 0.0886. The summed E-state index contributed by atoms with van der Waals surface area (Å²) >= 11 is 2.14. The van der Waals surface area contributed by atoms with Crippen LogP contribution in [0, 0.1) is 0 Å². The Morgan fingerprint density at radius 3 is 2.55 bits per heavy atom. The normalized spacial score (nSPS) is 21.5. The molecule has 1 aliphatic rings. The number of carbonyl (C=O) groups is 1. The highest BCUT2D eigenvalue weighted by molar-refractivity contribution is 14.1. The molecule has 0 saturated carbocycles. The summed E-state index contributed by atoms with van der Waals surface area (Å²) in [6, 6.07) is 0. The molecule has 1 atom stereocenters. The number of halogens is 1. The molecule has 1 unspecified atom stereocenters. The highest BCUT2D eigenvalue weighted by atomic mass is 127. The van der Waals surface area contributed by atoms with Crippen LogP contribution in [0.3, 0.4) is 0 Å². The Morgan fingerprint density at radius 2 is 2.09 bits per heavy atom. The van der Waals surface area contributed by atoms with Crippen molar-refractivity contribution in [3.05, 3.63) is 0 Å². The number of morpholine rings is 1. The quantitative estimate of drug-likeness (QED) is 0.517. The lowest BCUT2D eigenvalue weighted by Gasteiger charge is -2.27. The Kier molecular flexibility index (Phi) is 3.58. The van der Waals surface area contributed by atoms with Gasteiger partial charge in [-0.25, -0.2) is 0 Å². The molecule has 0 spiro atoms. The van der Waals surface area contributed by atoms with Crippen LogP contribution in [0.4, 0.5) is 0 Å². The molecule has 1 fully saturated rings. The van der Waals surface area contributed by atoms with Crippen molar-refractivity contribution in [1.29, 1.82) is 0 Å². The van der Waals surface area contributed by atoms with E-state index in [0.717, 1.165) is 13.1 Å². The fraction of sp³-hybridized carbons (Fsp3) is 0.857. The van der Waals surface area contributed by atoms with Gasteiger partial charge in [-0.1, -0.05) is 22.6 Å². The molecule has 11 heavy (non-hydrogen) atoms. The van der Waals surface area contributed by atoms with E-state index in [1.54, 1.807) is 0 Å². The molecule has 0 aromatic carbocycles. The van der Waals surface area contributed by atoms with E-state index in [2.05, 4.69) is 22.6 Å². The van der Waals surface area contributed by atoms with Gasteiger partial charge in [0.1, 0.15) is 0 Å². The number of rotatable bonds is 1. The molecular formula is C7H12INO2. The number of hydrogen-bond acceptors (Lipinski definition) is 2. The largest absolute Gasteiger partial charge is 0.378 e. The van der Waals surface area contributed by atoms with Gasteiger partial charge in [0.15, 0.2) is 0 Å². The molecule has 1 aliphatic heterocycles. The van der Waals surface area contributed by atoms with E-state index in [0.29, 0.717) is 13.2 Å². The third kappa shape index (κ3) is 2.59. The number of carbonyl (C=O) groups excluding carboxylic acids is 1. The molecule has 0 aliphatic carbocycles. The fourth-order valence-electron chi connectivity index (χ4n) is 1.04. The monoisotopic (exact) mass is 269 g/mol. The van der Waals surface area contributed by atoms with E-state index in [9.17, 15) is 4.79 Å². The van der Waals surface area contributed by atoms with E-state index in [1.807, 2.05) is 11.8 Å². The van der Waals surface area contributed by atoms with Gasteiger partial charge < -0.3 is 9.64 Å². The van der Waals surface area contributed by atoms with Gasteiger partial charge in [0, 0.05) is 13.1 Å². The van der Waals surface area contributed by atoms with E-state index < -0.39 is 0 Å². The first-order chi connectivity index (χ1) is 5.22. The molecule has 1 saturated heterocycles. The first-order valence-corrected chi connectivity index (χ1v) is 4.97. The summed E-state index contributed by atoms with van der Waals surface area (Å²) in [4.78, 5) is 13.2. The van der Waals surface area contributed by atoms with Crippen LogP contribution < -0.4 is 0 Å². The minimum Gasteiger partial charge on any atom is -0.378 e. The third-order valence-electron chi connectivity index (χ3n) is 1.66. The van der Waals surface area contributed by atoms with Crippen LogP contribution in [0.5, 0.6) is 0 Å². The maximum atomic E-state index is 11.4. The van der Waals surface area contributed by atoms with Crippen molar-refractivity contribution in [3.63, 3.8) is 0 Å². The smallest absolute Gasteiger partial charge is 0.235 e. The predicted molar refractivity (Wildman–Crippen MR) is 50.9 cm³/mol. The number of nitrogens with zero attached hydrogens (tertiary/aromatic N) is 1. The molecule has 1 heterocycles. The van der Waals surface area contributed by atoms with Crippen LogP contribution in [0.15, 0.2) is 0 Å². The van der Waals surface area contributed by atoms with Crippen molar-refractivity contribution in [2.24, 2.45) is 0 Å². The zero-order valence-electron chi connectivity index (χ0n) is 6.55. The average Bonchev–Trinajstić information content (AvgIpc) is 2.05. The lowest BCUT2D eigenvalue weighted by Crippen LogP contribution is -2.43. The zero-order valence-corrected chi connectivity index (χ0v) is 8.70. The van der Waals surface area contributed by atoms with E-state index >= 15 is 0 Å². The highest BCUT2D eigenvalue weighted by Gasteiger charge is 2.19. The zero-order chi connectivity index (χ0) is 8.27. The highest BCUT2D eigenvalue weighted by Crippen LogP contribution is 2.06. The molecule has 1 rings (SSSR count). The summed E-state index contributed by atoms with van der Waals surface area (Å²) in [5, 5.41) is 0. The molecule has 0 aromatic heterocycles. The summed E-state index contributed by atoms with van der Waals surface area (Å²) in [5.41, 5.74) is 0. The molecule has 0 bridgehead atoms. The van der Waals surface area contributed by atoms with Crippen LogP contribution >= 0.6 is 22.6 Å². The number of amides is 1. The maximum absolute atomic E-state index is 11.4. The van der Waals surface area contributed by atoms with Crippen molar-refractivity contribution in [2.75, 3.05) is 26.3 Å². The summed E-state index contributed by atoms with van der Waals surface area (Å²) < 4.78 is 5.22. The first-order valence-electron chi connectivity index (χ1n) is 3.72. The van der Waals surface area contributed by atoms with E-state index in [4.69, 9.17) is 4.74 Å². The maximum Gasteiger partial charge on any atom is 0.235 e. The van der Waals surface area contributed by atoms with Crippen molar-refractivity contribution in [2.45, 2.75) is 10.8 Å². The minimum absolute atomic E-state index is 0.0886. The summed E-state index contributed by atoms with van der Waals surface area (Å²) in [7, 11) is 0. The van der Waals surface area contributed by atoms with E-state index in [1.165, 1.54) is 0 Å². The molecule has 1 amide bonds. The summed E-state index contributed by atoms with van der Waals surface area (Å²) in [5.74, 6) is 0.230. The second kappa shape index (κ2) is 4.25. The predicted octanol–water partition coefficient (Wildman–Crippen LogP) is 0.669. The Hall–Kier alpha value is 0.160. The first kappa shape index (κ1) is 9.25. The average molecular weight is 269 g/mol. The van der Waals surface area contributed by atoms with Gasteiger partial charge in [-0.3, -0.25) is 4.79 Å². The van der Waals surface area contributed by atoms with E-state index in [-0.39, 0.29) is 9.83 Å². The number of alkyl halides is 1. The molecule has 3 nitrogen and oxygen atoms in total. The summed E-state index contributed by atoms with van der Waals surface area (Å²) in [6.45, 7) is 4.81. The molecule has 0 radical (unpaired) electrons. The topological polar surface area (TPSA) is 29.5 Å². The van der Waals surface area contributed by atoms with Crippen molar-refractivity contribution in [1.82, 2.24) is 4.90 Å². The Morgan fingerprint density at radius 1 is 1.55 bits per heavy atom. The molecule has 64 valence electrons. The lowest BCUT2D eigenvalue weighted by atomic mass is 10.3. The Bertz CT molecular complexity index is 143. The van der Waals surface area contributed by atoms with Gasteiger partial charge in [0.2, 0.25) is 5.91 Å². The van der Waals surface area contributed by atoms with Crippen LogP contribution in [0.2, 0.25) is 0 Å². The Labute approximate surface area is 80.2 Å². The Balaban J connectivity index is 2.39. The lowest BCUT2D eigenvalue weighted by molar-refractivity contribution is -0.133.